The van der Waals surface area contributed by atoms with Gasteiger partial charge >= 0.3 is 0 Å². The van der Waals surface area contributed by atoms with Crippen LogP contribution in [0.1, 0.15) is 45.0 Å². The molecule has 2 rings (SSSR count). The van der Waals surface area contributed by atoms with Crippen molar-refractivity contribution in [2.24, 2.45) is 10.7 Å². The molecule has 8 nitrogen and oxygen atoms in total. The maximum atomic E-state index is 12.7. The molecule has 0 aliphatic rings. The van der Waals surface area contributed by atoms with Crippen molar-refractivity contribution in [2.45, 2.75) is 20.8 Å². The van der Waals surface area contributed by atoms with Gasteiger partial charge in [0.25, 0.3) is 17.5 Å². The van der Waals surface area contributed by atoms with Crippen molar-refractivity contribution >= 4 is 40.1 Å². The van der Waals surface area contributed by atoms with Crippen molar-refractivity contribution in [1.29, 1.82) is 0 Å². The lowest BCUT2D eigenvalue weighted by Crippen LogP contribution is -2.30. The number of hydrogen-bond acceptors (Lipinski definition) is 6. The molecular weight excluding hydrogens is 368 g/mol. The van der Waals surface area contributed by atoms with Crippen molar-refractivity contribution in [3.05, 3.63) is 55.9 Å². The molecule has 0 spiro atoms. The summed E-state index contributed by atoms with van der Waals surface area (Å²) in [6.07, 6.45) is 1.41. The molecule has 9 heteroatoms. The van der Waals surface area contributed by atoms with Crippen molar-refractivity contribution in [3.8, 4) is 0 Å². The van der Waals surface area contributed by atoms with E-state index in [4.69, 9.17) is 5.73 Å². The zero-order valence-corrected chi connectivity index (χ0v) is 16.1. The second-order valence-electron chi connectivity index (χ2n) is 5.69. The molecule has 1 heterocycles. The van der Waals surface area contributed by atoms with Crippen LogP contribution in [0.15, 0.2) is 29.3 Å². The van der Waals surface area contributed by atoms with Crippen molar-refractivity contribution < 1.29 is 14.5 Å². The summed E-state index contributed by atoms with van der Waals surface area (Å²) in [4.78, 5) is 41.3. The molecule has 1 aromatic heterocycles. The number of aliphatic imine (C=N–C) groups is 1. The Morgan fingerprint density at radius 2 is 2.00 bits per heavy atom. The Bertz CT molecular complexity index is 916. The van der Waals surface area contributed by atoms with Crippen LogP contribution in [0, 0.1) is 17.0 Å². The van der Waals surface area contributed by atoms with E-state index >= 15 is 0 Å². The summed E-state index contributed by atoms with van der Waals surface area (Å²) < 4.78 is 0. The number of primary amides is 1. The first kappa shape index (κ1) is 20.2. The van der Waals surface area contributed by atoms with Gasteiger partial charge < -0.3 is 10.6 Å². The fourth-order valence-corrected chi connectivity index (χ4v) is 3.72. The van der Waals surface area contributed by atoms with Gasteiger partial charge in [-0.15, -0.1) is 11.3 Å². The molecular formula is C18H20N4O4S. The van der Waals surface area contributed by atoms with Crippen LogP contribution in [0.5, 0.6) is 0 Å². The van der Waals surface area contributed by atoms with E-state index in [-0.39, 0.29) is 17.2 Å². The predicted molar refractivity (Wildman–Crippen MR) is 105 cm³/mol. The normalized spacial score (nSPS) is 10.9. The Balaban J connectivity index is 2.46. The van der Waals surface area contributed by atoms with Crippen LogP contribution in [0.4, 0.5) is 10.7 Å². The molecule has 0 radical (unpaired) electrons. The van der Waals surface area contributed by atoms with E-state index in [0.29, 0.717) is 34.1 Å². The van der Waals surface area contributed by atoms with E-state index in [2.05, 4.69) is 4.99 Å². The van der Waals surface area contributed by atoms with Crippen LogP contribution < -0.4 is 5.73 Å². The van der Waals surface area contributed by atoms with E-state index < -0.39 is 10.8 Å². The van der Waals surface area contributed by atoms with Gasteiger partial charge in [-0.1, -0.05) is 12.1 Å². The van der Waals surface area contributed by atoms with Crippen molar-refractivity contribution in [1.82, 2.24) is 4.90 Å². The first-order valence-corrected chi connectivity index (χ1v) is 9.12. The van der Waals surface area contributed by atoms with Gasteiger partial charge in [-0.3, -0.25) is 19.7 Å². The standard InChI is InChI=1S/C18H20N4O4S/c1-4-21(5-2)18(24)15-11(3)14(16(19)23)17(27-15)20-10-12-7-6-8-13(9-12)22(25)26/h6-10H,4-5H2,1-3H3,(H2,19,23)/b20-10+. The van der Waals surface area contributed by atoms with Gasteiger partial charge in [0.15, 0.2) is 0 Å². The second kappa shape index (κ2) is 8.54. The highest BCUT2D eigenvalue weighted by atomic mass is 32.1. The van der Waals surface area contributed by atoms with E-state index in [1.54, 1.807) is 24.0 Å². The fraction of sp³-hybridized carbons (Fsp3) is 0.278. The monoisotopic (exact) mass is 388 g/mol. The zero-order valence-electron chi connectivity index (χ0n) is 15.3. The molecule has 2 aromatic rings. The Morgan fingerprint density at radius 3 is 2.56 bits per heavy atom. The lowest BCUT2D eigenvalue weighted by molar-refractivity contribution is -0.384. The highest BCUT2D eigenvalue weighted by Crippen LogP contribution is 2.36. The fourth-order valence-electron chi connectivity index (χ4n) is 2.59. The summed E-state index contributed by atoms with van der Waals surface area (Å²) in [5.74, 6) is -0.852. The number of rotatable bonds is 7. The number of carbonyl (C=O) groups is 2. The smallest absolute Gasteiger partial charge is 0.270 e. The molecule has 0 bridgehead atoms. The molecule has 142 valence electrons. The SMILES string of the molecule is CCN(CC)C(=O)c1sc(/N=C/c2cccc([N+](=O)[O-])c2)c(C(N)=O)c1C. The summed E-state index contributed by atoms with van der Waals surface area (Å²) in [5, 5.41) is 11.2. The van der Waals surface area contributed by atoms with Gasteiger partial charge in [0, 0.05) is 31.4 Å². The number of amides is 2. The Kier molecular flexibility index (Phi) is 6.40. The number of benzene rings is 1. The predicted octanol–water partition coefficient (Wildman–Crippen LogP) is 3.30. The van der Waals surface area contributed by atoms with Crippen LogP contribution in [0.2, 0.25) is 0 Å². The second-order valence-corrected chi connectivity index (χ2v) is 6.69. The molecule has 0 fully saturated rings. The highest BCUT2D eigenvalue weighted by molar-refractivity contribution is 7.18. The molecule has 2 amide bonds. The van der Waals surface area contributed by atoms with Crippen LogP contribution >= 0.6 is 11.3 Å². The third-order valence-electron chi connectivity index (χ3n) is 4.03. The van der Waals surface area contributed by atoms with Crippen LogP contribution in [0.3, 0.4) is 0 Å². The van der Waals surface area contributed by atoms with E-state index in [0.717, 1.165) is 11.3 Å². The largest absolute Gasteiger partial charge is 0.365 e. The number of carbonyl (C=O) groups excluding carboxylic acids is 2. The maximum Gasteiger partial charge on any atom is 0.270 e. The molecule has 0 aliphatic heterocycles. The topological polar surface area (TPSA) is 119 Å². The molecule has 0 aliphatic carbocycles. The number of nitro benzene ring substituents is 1. The molecule has 1 aromatic carbocycles. The molecule has 0 saturated carbocycles. The average Bonchev–Trinajstić information content (AvgIpc) is 2.97. The summed E-state index contributed by atoms with van der Waals surface area (Å²) in [7, 11) is 0. The van der Waals surface area contributed by atoms with Crippen molar-refractivity contribution in [2.75, 3.05) is 13.1 Å². The summed E-state index contributed by atoms with van der Waals surface area (Å²) in [6.45, 7) is 6.51. The summed E-state index contributed by atoms with van der Waals surface area (Å²) >= 11 is 1.09. The molecule has 27 heavy (non-hydrogen) atoms. The molecule has 2 N–H and O–H groups in total. The first-order chi connectivity index (χ1) is 12.8. The minimum atomic E-state index is -0.673. The van der Waals surface area contributed by atoms with Crippen LogP contribution in [0.25, 0.3) is 0 Å². The average molecular weight is 388 g/mol. The van der Waals surface area contributed by atoms with Gasteiger partial charge in [-0.25, -0.2) is 4.99 Å². The van der Waals surface area contributed by atoms with E-state index in [1.807, 2.05) is 13.8 Å². The van der Waals surface area contributed by atoms with Gasteiger partial charge in [-0.05, 0) is 31.9 Å². The molecule has 0 saturated heterocycles. The lowest BCUT2D eigenvalue weighted by Gasteiger charge is -2.17. The minimum absolute atomic E-state index is 0.0613. The third-order valence-corrected chi connectivity index (χ3v) is 5.22. The van der Waals surface area contributed by atoms with Crippen LogP contribution in [-0.2, 0) is 0 Å². The summed E-state index contributed by atoms with van der Waals surface area (Å²) in [5.41, 5.74) is 6.61. The highest BCUT2D eigenvalue weighted by Gasteiger charge is 2.25. The van der Waals surface area contributed by atoms with Gasteiger partial charge in [0.05, 0.1) is 15.4 Å². The summed E-state index contributed by atoms with van der Waals surface area (Å²) in [6, 6.07) is 5.95. The number of thiophene rings is 1. The molecule has 0 atom stereocenters. The van der Waals surface area contributed by atoms with Crippen molar-refractivity contribution in [3.63, 3.8) is 0 Å². The maximum absolute atomic E-state index is 12.7. The lowest BCUT2D eigenvalue weighted by atomic mass is 10.1. The number of nitrogens with zero attached hydrogens (tertiary/aromatic N) is 3. The minimum Gasteiger partial charge on any atom is -0.365 e. The number of hydrogen-bond donors (Lipinski definition) is 1. The first-order valence-electron chi connectivity index (χ1n) is 8.31. The van der Waals surface area contributed by atoms with Gasteiger partial charge in [0.2, 0.25) is 0 Å². The quantitative estimate of drug-likeness (QED) is 0.444. The van der Waals surface area contributed by atoms with E-state index in [1.165, 1.54) is 18.3 Å². The van der Waals surface area contributed by atoms with Gasteiger partial charge in [0.1, 0.15) is 5.00 Å². The number of non-ortho nitro benzene ring substituents is 1. The molecule has 0 unspecified atom stereocenters. The Hall–Kier alpha value is -3.07. The number of nitrogens with two attached hydrogens (primary N) is 1. The van der Waals surface area contributed by atoms with Crippen LogP contribution in [-0.4, -0.2) is 40.9 Å². The number of nitro groups is 1. The zero-order chi connectivity index (χ0) is 20.1. The Labute approximate surface area is 160 Å². The van der Waals surface area contributed by atoms with E-state index in [9.17, 15) is 19.7 Å². The Morgan fingerprint density at radius 1 is 1.33 bits per heavy atom. The third kappa shape index (κ3) is 4.37. The van der Waals surface area contributed by atoms with Gasteiger partial charge in [-0.2, -0.15) is 0 Å².